The fraction of sp³-hybridized carbons (Fsp3) is 0.152. The Morgan fingerprint density at radius 2 is 1.05 bits per heavy atom. The second-order valence-corrected chi connectivity index (χ2v) is 11.3. The molecular formula is C33H34N2O2RuS. The van der Waals surface area contributed by atoms with Crippen molar-refractivity contribution in [2.75, 3.05) is 0 Å². The molecule has 0 aromatic heterocycles. The van der Waals surface area contributed by atoms with Crippen LogP contribution in [0.1, 0.15) is 39.9 Å². The van der Waals surface area contributed by atoms with Gasteiger partial charge in [0.1, 0.15) is 0 Å². The van der Waals surface area contributed by atoms with Crippen LogP contribution in [0.3, 0.4) is 0 Å². The average molecular weight is 624 g/mol. The molecule has 5 aromatic carbocycles. The van der Waals surface area contributed by atoms with Crippen LogP contribution in [0.15, 0.2) is 126 Å². The summed E-state index contributed by atoms with van der Waals surface area (Å²) in [7, 11) is -3.78. The van der Waals surface area contributed by atoms with Gasteiger partial charge in [-0.05, 0) is 54.8 Å². The maximum atomic E-state index is 13.2. The van der Waals surface area contributed by atoms with Crippen LogP contribution in [-0.2, 0) is 29.5 Å². The van der Waals surface area contributed by atoms with Crippen LogP contribution in [0.25, 0.3) is 10.8 Å². The van der Waals surface area contributed by atoms with Gasteiger partial charge in [-0.15, -0.1) is 0 Å². The fourth-order valence-electron chi connectivity index (χ4n) is 4.65. The second kappa shape index (κ2) is 13.8. The number of aryl methyl sites for hydroxylation is 3. The Morgan fingerprint density at radius 1 is 0.590 bits per heavy atom. The Balaban J connectivity index is 0.000000359. The summed E-state index contributed by atoms with van der Waals surface area (Å²) in [5.74, 6) is 0. The van der Waals surface area contributed by atoms with Crippen molar-refractivity contribution in [3.8, 4) is 0 Å². The first-order chi connectivity index (χ1) is 18.2. The molecule has 0 aliphatic carbocycles. The minimum atomic E-state index is -3.78. The topological polar surface area (TPSA) is 72.2 Å². The molecule has 3 N–H and O–H groups in total. The number of sulfonamides is 1. The molecule has 0 aliphatic rings. The van der Waals surface area contributed by atoms with Crippen molar-refractivity contribution in [3.05, 3.63) is 149 Å². The summed E-state index contributed by atoms with van der Waals surface area (Å²) >= 11 is 0. The quantitative estimate of drug-likeness (QED) is 0.197. The molecule has 0 unspecified atom stereocenters. The molecule has 0 aliphatic heterocycles. The van der Waals surface area contributed by atoms with Gasteiger partial charge in [0.25, 0.3) is 0 Å². The van der Waals surface area contributed by atoms with Crippen LogP contribution in [0, 0.1) is 20.8 Å². The summed E-state index contributed by atoms with van der Waals surface area (Å²) in [6, 6.07) is 37.2. The van der Waals surface area contributed by atoms with E-state index in [0.717, 1.165) is 21.9 Å². The van der Waals surface area contributed by atoms with E-state index in [4.69, 9.17) is 5.73 Å². The predicted octanol–water partition coefficient (Wildman–Crippen LogP) is 7.17. The zero-order valence-electron chi connectivity index (χ0n) is 22.4. The Morgan fingerprint density at radius 3 is 1.59 bits per heavy atom. The average Bonchev–Trinajstić information content (AvgIpc) is 2.91. The zero-order valence-corrected chi connectivity index (χ0v) is 24.9. The molecule has 0 spiro atoms. The van der Waals surface area contributed by atoms with E-state index in [2.05, 4.69) is 43.7 Å². The predicted molar refractivity (Wildman–Crippen MR) is 157 cm³/mol. The van der Waals surface area contributed by atoms with Gasteiger partial charge in [0.2, 0.25) is 10.0 Å². The molecule has 5 rings (SSSR count). The molecule has 0 radical (unpaired) electrons. The van der Waals surface area contributed by atoms with Gasteiger partial charge >= 0.3 is 0 Å². The van der Waals surface area contributed by atoms with E-state index in [-0.39, 0.29) is 24.4 Å². The van der Waals surface area contributed by atoms with Crippen LogP contribution in [-0.4, -0.2) is 8.42 Å². The Kier molecular flexibility index (Phi) is 10.7. The Bertz CT molecular complexity index is 1560. The molecule has 0 saturated heterocycles. The number of nitrogens with two attached hydrogens (primary N) is 1. The molecule has 0 saturated carbocycles. The smallest absolute Gasteiger partial charge is 0.241 e. The van der Waals surface area contributed by atoms with Gasteiger partial charge in [0.15, 0.2) is 0 Å². The molecular weight excluding hydrogens is 590 g/mol. The second-order valence-electron chi connectivity index (χ2n) is 9.62. The normalized spacial score (nSPS) is 12.5. The van der Waals surface area contributed by atoms with Crippen molar-refractivity contribution < 1.29 is 27.9 Å². The molecule has 0 heterocycles. The van der Waals surface area contributed by atoms with E-state index >= 15 is 0 Å². The third kappa shape index (κ3) is 8.17. The van der Waals surface area contributed by atoms with Crippen LogP contribution in [0.2, 0.25) is 0 Å². The molecule has 39 heavy (non-hydrogen) atoms. The van der Waals surface area contributed by atoms with Gasteiger partial charge in [0, 0.05) is 19.5 Å². The van der Waals surface area contributed by atoms with Crippen molar-refractivity contribution in [2.24, 2.45) is 5.73 Å². The number of benzene rings is 5. The Hall–Kier alpha value is -3.15. The van der Waals surface area contributed by atoms with Crippen LogP contribution < -0.4 is 10.5 Å². The summed E-state index contributed by atoms with van der Waals surface area (Å²) < 4.78 is 29.3. The van der Waals surface area contributed by atoms with Gasteiger partial charge in [0.05, 0.1) is 17.0 Å². The number of hydrogen-bond acceptors (Lipinski definition) is 3. The number of fused-ring (bicyclic) bond motifs is 1. The van der Waals surface area contributed by atoms with Crippen molar-refractivity contribution in [3.63, 3.8) is 0 Å². The standard InChI is InChI=1S/C24H22N2O2S.C9H12.Ru/c25-23(19-10-3-1-4-11-19)24(20-12-5-2-6-13-20)26-29(27,28)22-16-15-18-9-7-8-14-21(18)17-22;1-7-4-8(2)6-9(3)5-7;/h1-17,23-24,26H,25H2;4-6H,1-3H3;/t23-,24-;;/m1../s1. The van der Waals surface area contributed by atoms with E-state index in [1.54, 1.807) is 12.1 Å². The fourth-order valence-corrected chi connectivity index (χ4v) is 5.93. The molecule has 2 atom stereocenters. The number of hydrogen-bond donors (Lipinski definition) is 2. The van der Waals surface area contributed by atoms with E-state index < -0.39 is 22.1 Å². The van der Waals surface area contributed by atoms with Crippen molar-refractivity contribution in [1.29, 1.82) is 0 Å². The maximum Gasteiger partial charge on any atom is 0.241 e. The van der Waals surface area contributed by atoms with Gasteiger partial charge in [-0.25, -0.2) is 13.1 Å². The first kappa shape index (κ1) is 30.4. The van der Waals surface area contributed by atoms with Crippen LogP contribution in [0.5, 0.6) is 0 Å². The summed E-state index contributed by atoms with van der Waals surface area (Å²) in [6.45, 7) is 6.38. The summed E-state index contributed by atoms with van der Waals surface area (Å²) in [4.78, 5) is 0.220. The van der Waals surface area contributed by atoms with Crippen molar-refractivity contribution >= 4 is 20.8 Å². The zero-order chi connectivity index (χ0) is 27.1. The molecule has 5 aromatic rings. The van der Waals surface area contributed by atoms with Gasteiger partial charge in [-0.1, -0.05) is 126 Å². The molecule has 0 bridgehead atoms. The largest absolute Gasteiger partial charge is 0.322 e. The minimum Gasteiger partial charge on any atom is -0.322 e. The molecule has 0 fully saturated rings. The summed E-state index contributed by atoms with van der Waals surface area (Å²) in [5.41, 5.74) is 12.3. The number of nitrogens with one attached hydrogen (secondary N) is 1. The van der Waals surface area contributed by atoms with Crippen LogP contribution in [0.4, 0.5) is 0 Å². The SMILES string of the molecule is Cc1cc(C)cc(C)c1.N[C@H](c1ccccc1)[C@H](NS(=O)(=O)c1ccc2ccccc2c1)c1ccccc1.[Ru]. The molecule has 0 amide bonds. The number of rotatable bonds is 6. The minimum absolute atomic E-state index is 0. The van der Waals surface area contributed by atoms with E-state index in [9.17, 15) is 8.42 Å². The van der Waals surface area contributed by atoms with E-state index in [0.29, 0.717) is 0 Å². The van der Waals surface area contributed by atoms with Gasteiger partial charge < -0.3 is 5.73 Å². The van der Waals surface area contributed by atoms with Gasteiger partial charge in [-0.2, -0.15) is 0 Å². The van der Waals surface area contributed by atoms with Gasteiger partial charge in [-0.3, -0.25) is 0 Å². The van der Waals surface area contributed by atoms with E-state index in [1.165, 1.54) is 16.7 Å². The summed E-state index contributed by atoms with van der Waals surface area (Å²) in [5, 5.41) is 1.87. The monoisotopic (exact) mass is 624 g/mol. The first-order valence-electron chi connectivity index (χ1n) is 12.6. The first-order valence-corrected chi connectivity index (χ1v) is 14.1. The maximum absolute atomic E-state index is 13.2. The summed E-state index contributed by atoms with van der Waals surface area (Å²) in [6.07, 6.45) is 0. The third-order valence-corrected chi connectivity index (χ3v) is 7.82. The van der Waals surface area contributed by atoms with Crippen LogP contribution >= 0.6 is 0 Å². The third-order valence-electron chi connectivity index (χ3n) is 6.38. The molecule has 4 nitrogen and oxygen atoms in total. The Labute approximate surface area is 245 Å². The molecule has 202 valence electrons. The van der Waals surface area contributed by atoms with Crippen molar-refractivity contribution in [2.45, 2.75) is 37.8 Å². The van der Waals surface area contributed by atoms with E-state index in [1.807, 2.05) is 91.0 Å². The molecule has 6 heteroatoms. The van der Waals surface area contributed by atoms with Crippen molar-refractivity contribution in [1.82, 2.24) is 4.72 Å².